The summed E-state index contributed by atoms with van der Waals surface area (Å²) in [5.41, 5.74) is 0. The van der Waals surface area contributed by atoms with E-state index in [9.17, 15) is 4.79 Å². The van der Waals surface area contributed by atoms with Crippen molar-refractivity contribution in [1.82, 2.24) is 25.2 Å². The van der Waals surface area contributed by atoms with Crippen molar-refractivity contribution in [3.05, 3.63) is 12.4 Å². The predicted molar refractivity (Wildman–Crippen MR) is 67.9 cm³/mol. The molecule has 18 heavy (non-hydrogen) atoms. The molecule has 1 N–H and O–H groups in total. The number of hydrogen-bond donors (Lipinski definition) is 1. The van der Waals surface area contributed by atoms with Crippen molar-refractivity contribution < 1.29 is 4.79 Å². The average molecular weight is 251 g/mol. The molecule has 1 fully saturated rings. The Labute approximate surface area is 107 Å². The zero-order valence-corrected chi connectivity index (χ0v) is 10.9. The van der Waals surface area contributed by atoms with Crippen molar-refractivity contribution in [3.63, 3.8) is 0 Å². The molecule has 6 nitrogen and oxygen atoms in total. The Morgan fingerprint density at radius 2 is 2.44 bits per heavy atom. The maximum Gasteiger partial charge on any atom is 0.224 e. The van der Waals surface area contributed by atoms with Crippen LogP contribution in [0.15, 0.2) is 12.4 Å². The highest BCUT2D eigenvalue weighted by molar-refractivity contribution is 5.78. The number of piperidine rings is 1. The molecule has 1 saturated heterocycles. The minimum absolute atomic E-state index is 0.148. The molecule has 2 heterocycles. The molecule has 1 aromatic heterocycles. The maximum atomic E-state index is 12.0. The fraction of sp³-hybridized carbons (Fsp3) is 0.750. The maximum absolute atomic E-state index is 12.0. The number of amides is 1. The SMILES string of the molecule is CCN1CCC[C@H](C(=O)NCCn2ccnn2)C1. The van der Waals surface area contributed by atoms with Crippen molar-refractivity contribution in [2.75, 3.05) is 26.2 Å². The van der Waals surface area contributed by atoms with Crippen LogP contribution in [0.2, 0.25) is 0 Å². The number of hydrogen-bond acceptors (Lipinski definition) is 4. The summed E-state index contributed by atoms with van der Waals surface area (Å²) in [5, 5.41) is 10.6. The highest BCUT2D eigenvalue weighted by atomic mass is 16.1. The van der Waals surface area contributed by atoms with E-state index in [4.69, 9.17) is 0 Å². The number of carbonyl (C=O) groups excluding carboxylic acids is 1. The first-order valence-corrected chi connectivity index (χ1v) is 6.63. The van der Waals surface area contributed by atoms with Crippen molar-refractivity contribution in [3.8, 4) is 0 Å². The summed E-state index contributed by atoms with van der Waals surface area (Å²) in [5.74, 6) is 0.322. The predicted octanol–water partition coefficient (Wildman–Crippen LogP) is 0.126. The molecule has 1 aliphatic rings. The van der Waals surface area contributed by atoms with E-state index in [1.165, 1.54) is 0 Å². The largest absolute Gasteiger partial charge is 0.354 e. The number of aromatic nitrogens is 3. The van der Waals surface area contributed by atoms with Crippen molar-refractivity contribution >= 4 is 5.91 Å². The standard InChI is InChI=1S/C12H21N5O/c1-2-16-7-3-4-11(10-16)12(18)13-5-8-17-9-6-14-15-17/h6,9,11H,2-5,7-8,10H2,1H3,(H,13,18)/t11-/m0/s1. The van der Waals surface area contributed by atoms with Crippen LogP contribution in [0.4, 0.5) is 0 Å². The average Bonchev–Trinajstić information content (AvgIpc) is 2.92. The zero-order chi connectivity index (χ0) is 12.8. The van der Waals surface area contributed by atoms with Gasteiger partial charge < -0.3 is 10.2 Å². The third-order valence-corrected chi connectivity index (χ3v) is 3.44. The van der Waals surface area contributed by atoms with Gasteiger partial charge in [0.1, 0.15) is 0 Å². The molecule has 0 aliphatic carbocycles. The van der Waals surface area contributed by atoms with E-state index >= 15 is 0 Å². The van der Waals surface area contributed by atoms with Crippen molar-refractivity contribution in [2.24, 2.45) is 5.92 Å². The van der Waals surface area contributed by atoms with Gasteiger partial charge in [-0.05, 0) is 25.9 Å². The van der Waals surface area contributed by atoms with Gasteiger partial charge in [0.25, 0.3) is 0 Å². The molecule has 0 aromatic carbocycles. The molecule has 1 atom stereocenters. The molecule has 100 valence electrons. The summed E-state index contributed by atoms with van der Waals surface area (Å²) in [4.78, 5) is 14.3. The van der Waals surface area contributed by atoms with Crippen LogP contribution in [-0.2, 0) is 11.3 Å². The Bertz CT molecular complexity index is 365. The van der Waals surface area contributed by atoms with Gasteiger partial charge in [0.05, 0.1) is 18.7 Å². The highest BCUT2D eigenvalue weighted by Gasteiger charge is 2.24. The van der Waals surface area contributed by atoms with E-state index in [2.05, 4.69) is 27.5 Å². The highest BCUT2D eigenvalue weighted by Crippen LogP contribution is 2.15. The fourth-order valence-electron chi connectivity index (χ4n) is 2.35. The number of carbonyl (C=O) groups is 1. The number of rotatable bonds is 5. The molecule has 0 bridgehead atoms. The van der Waals surface area contributed by atoms with E-state index in [-0.39, 0.29) is 11.8 Å². The zero-order valence-electron chi connectivity index (χ0n) is 10.9. The second-order valence-corrected chi connectivity index (χ2v) is 4.69. The van der Waals surface area contributed by atoms with Crippen molar-refractivity contribution in [1.29, 1.82) is 0 Å². The Hall–Kier alpha value is -1.43. The van der Waals surface area contributed by atoms with E-state index in [0.29, 0.717) is 13.1 Å². The molecule has 1 aliphatic heterocycles. The Balaban J connectivity index is 1.70. The van der Waals surface area contributed by atoms with Gasteiger partial charge in [0.15, 0.2) is 0 Å². The first kappa shape index (κ1) is 13.0. The van der Waals surface area contributed by atoms with Crippen LogP contribution in [0.1, 0.15) is 19.8 Å². The van der Waals surface area contributed by atoms with Crippen LogP contribution >= 0.6 is 0 Å². The smallest absolute Gasteiger partial charge is 0.224 e. The molecule has 0 spiro atoms. The molecule has 0 unspecified atom stereocenters. The van der Waals surface area contributed by atoms with E-state index in [0.717, 1.165) is 32.5 Å². The Morgan fingerprint density at radius 1 is 1.56 bits per heavy atom. The topological polar surface area (TPSA) is 63.1 Å². The van der Waals surface area contributed by atoms with Crippen LogP contribution < -0.4 is 5.32 Å². The van der Waals surface area contributed by atoms with E-state index in [1.54, 1.807) is 17.1 Å². The summed E-state index contributed by atoms with van der Waals surface area (Å²) >= 11 is 0. The Morgan fingerprint density at radius 3 is 3.17 bits per heavy atom. The van der Waals surface area contributed by atoms with Gasteiger partial charge in [0.2, 0.25) is 5.91 Å². The second kappa shape index (κ2) is 6.49. The van der Waals surface area contributed by atoms with Crippen LogP contribution in [0.5, 0.6) is 0 Å². The normalized spacial score (nSPS) is 20.8. The lowest BCUT2D eigenvalue weighted by molar-refractivity contribution is -0.126. The lowest BCUT2D eigenvalue weighted by Gasteiger charge is -2.30. The van der Waals surface area contributed by atoms with Gasteiger partial charge in [-0.1, -0.05) is 12.1 Å². The summed E-state index contributed by atoms with van der Waals surface area (Å²) in [6.45, 7) is 6.49. The molecule has 6 heteroatoms. The van der Waals surface area contributed by atoms with Gasteiger partial charge in [-0.25, -0.2) is 0 Å². The van der Waals surface area contributed by atoms with Crippen LogP contribution in [-0.4, -0.2) is 52.0 Å². The third-order valence-electron chi connectivity index (χ3n) is 3.44. The van der Waals surface area contributed by atoms with Gasteiger partial charge in [-0.2, -0.15) is 0 Å². The molecule has 1 amide bonds. The summed E-state index contributed by atoms with van der Waals surface area (Å²) in [7, 11) is 0. The second-order valence-electron chi connectivity index (χ2n) is 4.69. The van der Waals surface area contributed by atoms with E-state index < -0.39 is 0 Å². The van der Waals surface area contributed by atoms with Gasteiger partial charge in [-0.15, -0.1) is 5.10 Å². The van der Waals surface area contributed by atoms with Crippen LogP contribution in [0.3, 0.4) is 0 Å². The number of likely N-dealkylation sites (tertiary alicyclic amines) is 1. The van der Waals surface area contributed by atoms with Gasteiger partial charge in [0, 0.05) is 19.3 Å². The van der Waals surface area contributed by atoms with Crippen molar-refractivity contribution in [2.45, 2.75) is 26.3 Å². The first-order valence-electron chi connectivity index (χ1n) is 6.63. The molecule has 0 saturated carbocycles. The first-order chi connectivity index (χ1) is 8.79. The van der Waals surface area contributed by atoms with Gasteiger partial charge >= 0.3 is 0 Å². The molecular formula is C12H21N5O. The monoisotopic (exact) mass is 251 g/mol. The van der Waals surface area contributed by atoms with Gasteiger partial charge in [-0.3, -0.25) is 9.48 Å². The number of nitrogens with zero attached hydrogens (tertiary/aromatic N) is 4. The third kappa shape index (κ3) is 3.53. The van der Waals surface area contributed by atoms with Crippen LogP contribution in [0.25, 0.3) is 0 Å². The Kier molecular flexibility index (Phi) is 4.69. The minimum atomic E-state index is 0.148. The molecular weight excluding hydrogens is 230 g/mol. The summed E-state index contributed by atoms with van der Waals surface area (Å²) in [6, 6.07) is 0. The number of nitrogens with one attached hydrogen (secondary N) is 1. The fourth-order valence-corrected chi connectivity index (χ4v) is 2.35. The van der Waals surface area contributed by atoms with E-state index in [1.807, 2.05) is 0 Å². The summed E-state index contributed by atoms with van der Waals surface area (Å²) in [6.07, 6.45) is 5.56. The molecule has 1 aromatic rings. The van der Waals surface area contributed by atoms with Crippen LogP contribution in [0, 0.1) is 5.92 Å². The lowest BCUT2D eigenvalue weighted by Crippen LogP contribution is -2.43. The minimum Gasteiger partial charge on any atom is -0.354 e. The summed E-state index contributed by atoms with van der Waals surface area (Å²) < 4.78 is 1.72. The molecule has 2 rings (SSSR count). The lowest BCUT2D eigenvalue weighted by atomic mass is 9.97. The quantitative estimate of drug-likeness (QED) is 0.808. The molecule has 0 radical (unpaired) electrons.